The first-order valence-electron chi connectivity index (χ1n) is 7.66. The van der Waals surface area contributed by atoms with Crippen molar-refractivity contribution < 1.29 is 0 Å². The van der Waals surface area contributed by atoms with E-state index in [4.69, 9.17) is 4.98 Å². The van der Waals surface area contributed by atoms with Crippen molar-refractivity contribution in [3.63, 3.8) is 0 Å². The Balaban J connectivity index is 2.10. The standard InChI is InChI=1S/C19H15N3/c1-2-16-19-13(12-7-3-4-8-14(12)21-19)11-18-20-15-9-5-6-10-17(15)22(16)18/h3-11,21H,2H2,1H3. The first-order valence-corrected chi connectivity index (χ1v) is 7.66. The van der Waals surface area contributed by atoms with Gasteiger partial charge in [-0.3, -0.25) is 4.40 Å². The maximum atomic E-state index is 4.81. The zero-order chi connectivity index (χ0) is 14.7. The van der Waals surface area contributed by atoms with Crippen molar-refractivity contribution in [2.45, 2.75) is 13.3 Å². The van der Waals surface area contributed by atoms with Crippen LogP contribution in [0.3, 0.4) is 0 Å². The molecule has 0 saturated heterocycles. The van der Waals surface area contributed by atoms with Crippen LogP contribution in [0, 0.1) is 0 Å². The van der Waals surface area contributed by atoms with E-state index in [-0.39, 0.29) is 0 Å². The molecule has 3 aromatic heterocycles. The van der Waals surface area contributed by atoms with E-state index >= 15 is 0 Å². The minimum Gasteiger partial charge on any atom is -0.353 e. The van der Waals surface area contributed by atoms with Gasteiger partial charge in [-0.25, -0.2) is 4.98 Å². The summed E-state index contributed by atoms with van der Waals surface area (Å²) in [6.45, 7) is 2.20. The Kier molecular flexibility index (Phi) is 2.20. The predicted octanol–water partition coefficient (Wildman–Crippen LogP) is 4.68. The minimum absolute atomic E-state index is 0.959. The number of rotatable bonds is 1. The van der Waals surface area contributed by atoms with Crippen LogP contribution in [-0.2, 0) is 6.42 Å². The molecule has 0 aliphatic rings. The summed E-state index contributed by atoms with van der Waals surface area (Å²) in [5.74, 6) is 0. The van der Waals surface area contributed by atoms with Crippen molar-refractivity contribution in [2.24, 2.45) is 0 Å². The second-order valence-corrected chi connectivity index (χ2v) is 5.70. The quantitative estimate of drug-likeness (QED) is 0.476. The number of hydrogen-bond acceptors (Lipinski definition) is 1. The van der Waals surface area contributed by atoms with Gasteiger partial charge in [0.1, 0.15) is 5.65 Å². The number of para-hydroxylation sites is 3. The second-order valence-electron chi connectivity index (χ2n) is 5.70. The van der Waals surface area contributed by atoms with Crippen molar-refractivity contribution in [3.8, 4) is 0 Å². The smallest absolute Gasteiger partial charge is 0.138 e. The van der Waals surface area contributed by atoms with Crippen molar-refractivity contribution >= 4 is 38.5 Å². The summed E-state index contributed by atoms with van der Waals surface area (Å²) in [7, 11) is 0. The molecule has 1 N–H and O–H groups in total. The number of nitrogens with zero attached hydrogens (tertiary/aromatic N) is 2. The van der Waals surface area contributed by atoms with Crippen LogP contribution in [0.2, 0.25) is 0 Å². The fourth-order valence-corrected chi connectivity index (χ4v) is 3.54. The van der Waals surface area contributed by atoms with Gasteiger partial charge in [0.2, 0.25) is 0 Å². The van der Waals surface area contributed by atoms with E-state index in [1.807, 2.05) is 6.07 Å². The van der Waals surface area contributed by atoms with Crippen molar-refractivity contribution in [1.29, 1.82) is 0 Å². The molecular formula is C19H15N3. The van der Waals surface area contributed by atoms with Crippen LogP contribution in [0.1, 0.15) is 12.6 Å². The Labute approximate surface area is 127 Å². The lowest BCUT2D eigenvalue weighted by Crippen LogP contribution is -1.96. The largest absolute Gasteiger partial charge is 0.353 e. The average Bonchev–Trinajstić information content (AvgIpc) is 3.11. The zero-order valence-electron chi connectivity index (χ0n) is 12.3. The summed E-state index contributed by atoms with van der Waals surface area (Å²) < 4.78 is 2.28. The molecule has 0 bridgehead atoms. The number of pyridine rings is 1. The normalized spacial score (nSPS) is 12.0. The molecule has 0 saturated carbocycles. The van der Waals surface area contributed by atoms with Crippen LogP contribution in [0.5, 0.6) is 0 Å². The lowest BCUT2D eigenvalue weighted by molar-refractivity contribution is 1.01. The van der Waals surface area contributed by atoms with Gasteiger partial charge in [-0.15, -0.1) is 0 Å². The molecule has 0 fully saturated rings. The fraction of sp³-hybridized carbons (Fsp3) is 0.105. The number of aromatic nitrogens is 3. The zero-order valence-corrected chi connectivity index (χ0v) is 12.3. The van der Waals surface area contributed by atoms with E-state index < -0.39 is 0 Å². The number of benzene rings is 2. The number of aryl methyl sites for hydroxylation is 1. The number of aromatic amines is 1. The van der Waals surface area contributed by atoms with Gasteiger partial charge in [0.05, 0.1) is 16.6 Å². The number of hydrogen-bond donors (Lipinski definition) is 1. The van der Waals surface area contributed by atoms with Gasteiger partial charge in [-0.05, 0) is 30.7 Å². The summed E-state index contributed by atoms with van der Waals surface area (Å²) >= 11 is 0. The Bertz CT molecular complexity index is 1160. The number of nitrogens with one attached hydrogen (secondary N) is 1. The van der Waals surface area contributed by atoms with Gasteiger partial charge < -0.3 is 4.98 Å². The second kappa shape index (κ2) is 4.10. The molecule has 0 spiro atoms. The molecule has 106 valence electrons. The molecule has 5 rings (SSSR count). The average molecular weight is 285 g/mol. The predicted molar refractivity (Wildman–Crippen MR) is 91.4 cm³/mol. The summed E-state index contributed by atoms with van der Waals surface area (Å²) in [4.78, 5) is 8.40. The van der Waals surface area contributed by atoms with Crippen LogP contribution >= 0.6 is 0 Å². The first-order chi connectivity index (χ1) is 10.9. The van der Waals surface area contributed by atoms with Crippen LogP contribution in [-0.4, -0.2) is 14.4 Å². The van der Waals surface area contributed by atoms with Crippen molar-refractivity contribution in [1.82, 2.24) is 14.4 Å². The highest BCUT2D eigenvalue weighted by molar-refractivity contribution is 6.09. The van der Waals surface area contributed by atoms with Crippen LogP contribution in [0.25, 0.3) is 38.5 Å². The molecule has 5 aromatic rings. The van der Waals surface area contributed by atoms with Gasteiger partial charge in [-0.1, -0.05) is 37.3 Å². The Hall–Kier alpha value is -2.81. The highest BCUT2D eigenvalue weighted by Crippen LogP contribution is 2.31. The Morgan fingerprint density at radius 1 is 1.00 bits per heavy atom. The summed E-state index contributed by atoms with van der Waals surface area (Å²) in [6.07, 6.45) is 0.959. The minimum atomic E-state index is 0.959. The maximum absolute atomic E-state index is 4.81. The first kappa shape index (κ1) is 11.8. The molecular weight excluding hydrogens is 270 g/mol. The molecule has 0 aliphatic carbocycles. The molecule has 3 heteroatoms. The van der Waals surface area contributed by atoms with E-state index in [1.54, 1.807) is 0 Å². The summed E-state index contributed by atoms with van der Waals surface area (Å²) in [5, 5.41) is 2.53. The Morgan fingerprint density at radius 2 is 1.82 bits per heavy atom. The molecule has 0 amide bonds. The molecule has 3 nitrogen and oxygen atoms in total. The molecule has 0 unspecified atom stereocenters. The van der Waals surface area contributed by atoms with Crippen LogP contribution in [0.4, 0.5) is 0 Å². The topological polar surface area (TPSA) is 33.1 Å². The number of imidazole rings is 1. The third kappa shape index (κ3) is 1.38. The molecule has 22 heavy (non-hydrogen) atoms. The van der Waals surface area contributed by atoms with E-state index in [0.29, 0.717) is 0 Å². The highest BCUT2D eigenvalue weighted by Gasteiger charge is 2.14. The SMILES string of the molecule is CCc1c2[nH]c3ccccc3c2cc2nc3ccccc3n12. The van der Waals surface area contributed by atoms with E-state index in [9.17, 15) is 0 Å². The fourth-order valence-electron chi connectivity index (χ4n) is 3.54. The Morgan fingerprint density at radius 3 is 2.73 bits per heavy atom. The van der Waals surface area contributed by atoms with Crippen LogP contribution in [0.15, 0.2) is 54.6 Å². The molecule has 2 aromatic carbocycles. The number of fused-ring (bicyclic) bond motifs is 6. The molecule has 0 atom stereocenters. The third-order valence-corrected chi connectivity index (χ3v) is 4.50. The van der Waals surface area contributed by atoms with Crippen LogP contribution < -0.4 is 0 Å². The molecule has 3 heterocycles. The molecule has 0 radical (unpaired) electrons. The van der Waals surface area contributed by atoms with Gasteiger partial charge in [0.15, 0.2) is 0 Å². The van der Waals surface area contributed by atoms with Gasteiger partial charge in [0.25, 0.3) is 0 Å². The van der Waals surface area contributed by atoms with E-state index in [2.05, 4.69) is 64.8 Å². The van der Waals surface area contributed by atoms with Gasteiger partial charge in [-0.2, -0.15) is 0 Å². The van der Waals surface area contributed by atoms with E-state index in [0.717, 1.165) is 17.6 Å². The number of H-pyrrole nitrogens is 1. The lowest BCUT2D eigenvalue weighted by Gasteiger charge is -2.06. The van der Waals surface area contributed by atoms with Crippen molar-refractivity contribution in [3.05, 3.63) is 60.3 Å². The maximum Gasteiger partial charge on any atom is 0.138 e. The summed E-state index contributed by atoms with van der Waals surface area (Å²) in [6, 6.07) is 19.0. The van der Waals surface area contributed by atoms with Crippen molar-refractivity contribution in [2.75, 3.05) is 0 Å². The third-order valence-electron chi connectivity index (χ3n) is 4.50. The molecule has 0 aliphatic heterocycles. The van der Waals surface area contributed by atoms with Gasteiger partial charge in [0, 0.05) is 22.0 Å². The lowest BCUT2D eigenvalue weighted by atomic mass is 10.1. The van der Waals surface area contributed by atoms with E-state index in [1.165, 1.54) is 33.0 Å². The van der Waals surface area contributed by atoms with Gasteiger partial charge >= 0.3 is 0 Å². The monoisotopic (exact) mass is 285 g/mol. The highest BCUT2D eigenvalue weighted by atomic mass is 15.0. The summed E-state index contributed by atoms with van der Waals surface area (Å²) in [5.41, 5.74) is 6.95.